The second-order valence-corrected chi connectivity index (χ2v) is 5.34. The highest BCUT2D eigenvalue weighted by Gasteiger charge is 2.29. The molecule has 0 aliphatic carbocycles. The van der Waals surface area contributed by atoms with Crippen LogP contribution in [0.25, 0.3) is 0 Å². The molecule has 2 aliphatic rings. The number of halogens is 1. The first-order chi connectivity index (χ1) is 8.74. The van der Waals surface area contributed by atoms with Crippen molar-refractivity contribution in [3.05, 3.63) is 24.0 Å². The Morgan fingerprint density at radius 3 is 2.83 bits per heavy atom. The van der Waals surface area contributed by atoms with Crippen LogP contribution >= 0.6 is 0 Å². The molecule has 1 aromatic rings. The summed E-state index contributed by atoms with van der Waals surface area (Å²) in [7, 11) is 0. The van der Waals surface area contributed by atoms with E-state index in [0.717, 1.165) is 26.1 Å². The number of nitrogens with zero attached hydrogens (tertiary/aromatic N) is 2. The van der Waals surface area contributed by atoms with E-state index in [9.17, 15) is 4.39 Å². The molecule has 3 nitrogen and oxygen atoms in total. The van der Waals surface area contributed by atoms with E-state index < -0.39 is 0 Å². The maximum atomic E-state index is 14.0. The average molecular weight is 249 g/mol. The van der Waals surface area contributed by atoms with Gasteiger partial charge < -0.3 is 10.6 Å². The molecule has 98 valence electrons. The van der Waals surface area contributed by atoms with Gasteiger partial charge in [-0.1, -0.05) is 0 Å². The molecule has 3 rings (SSSR count). The molecule has 2 N–H and O–H groups in total. The molecule has 2 heterocycles. The van der Waals surface area contributed by atoms with E-state index in [2.05, 4.69) is 9.80 Å². The van der Waals surface area contributed by atoms with Crippen molar-refractivity contribution in [1.29, 1.82) is 0 Å². The Morgan fingerprint density at radius 1 is 1.17 bits per heavy atom. The summed E-state index contributed by atoms with van der Waals surface area (Å²) in [4.78, 5) is 4.74. The quantitative estimate of drug-likeness (QED) is 0.773. The first kappa shape index (κ1) is 11.8. The van der Waals surface area contributed by atoms with Crippen LogP contribution in [0, 0.1) is 5.82 Å². The zero-order valence-corrected chi connectivity index (χ0v) is 10.6. The number of rotatable bonds is 1. The van der Waals surface area contributed by atoms with Gasteiger partial charge in [-0.3, -0.25) is 4.90 Å². The number of anilines is 2. The van der Waals surface area contributed by atoms with Crippen molar-refractivity contribution >= 4 is 11.4 Å². The van der Waals surface area contributed by atoms with Crippen molar-refractivity contribution < 1.29 is 4.39 Å². The topological polar surface area (TPSA) is 32.5 Å². The Balaban J connectivity index is 1.82. The Bertz CT molecular complexity index is 435. The summed E-state index contributed by atoms with van der Waals surface area (Å²) < 4.78 is 14.0. The van der Waals surface area contributed by atoms with Crippen molar-refractivity contribution in [2.24, 2.45) is 0 Å². The summed E-state index contributed by atoms with van der Waals surface area (Å²) in [5.74, 6) is -0.193. The van der Waals surface area contributed by atoms with Gasteiger partial charge in [-0.15, -0.1) is 0 Å². The Kier molecular flexibility index (Phi) is 3.12. The monoisotopic (exact) mass is 249 g/mol. The van der Waals surface area contributed by atoms with Gasteiger partial charge in [0.25, 0.3) is 0 Å². The van der Waals surface area contributed by atoms with Crippen molar-refractivity contribution in [2.75, 3.05) is 36.8 Å². The van der Waals surface area contributed by atoms with E-state index >= 15 is 0 Å². The van der Waals surface area contributed by atoms with E-state index in [1.165, 1.54) is 25.5 Å². The molecule has 1 aromatic carbocycles. The molecule has 0 aromatic heterocycles. The summed E-state index contributed by atoms with van der Waals surface area (Å²) >= 11 is 0. The minimum Gasteiger partial charge on any atom is -0.399 e. The van der Waals surface area contributed by atoms with E-state index in [1.807, 2.05) is 6.07 Å². The average Bonchev–Trinajstić information content (AvgIpc) is 2.67. The van der Waals surface area contributed by atoms with Gasteiger partial charge in [-0.25, -0.2) is 4.39 Å². The highest BCUT2D eigenvalue weighted by molar-refractivity contribution is 5.54. The predicted molar refractivity (Wildman–Crippen MR) is 72.2 cm³/mol. The predicted octanol–water partition coefficient (Wildman–Crippen LogP) is 2.08. The Labute approximate surface area is 107 Å². The highest BCUT2D eigenvalue weighted by Crippen LogP contribution is 2.27. The zero-order chi connectivity index (χ0) is 12.5. The number of nitrogen functional groups attached to an aromatic ring is 1. The fourth-order valence-corrected chi connectivity index (χ4v) is 3.21. The minimum atomic E-state index is -0.193. The summed E-state index contributed by atoms with van der Waals surface area (Å²) in [5.41, 5.74) is 6.81. The summed E-state index contributed by atoms with van der Waals surface area (Å²) in [6.07, 6.45) is 3.64. The maximum absolute atomic E-state index is 14.0. The third-order valence-corrected chi connectivity index (χ3v) is 4.12. The molecule has 2 fully saturated rings. The van der Waals surface area contributed by atoms with Crippen LogP contribution in [0.5, 0.6) is 0 Å². The van der Waals surface area contributed by atoms with E-state index in [0.29, 0.717) is 17.4 Å². The summed E-state index contributed by atoms with van der Waals surface area (Å²) in [6.45, 7) is 4.25. The molecule has 0 radical (unpaired) electrons. The van der Waals surface area contributed by atoms with Crippen LogP contribution < -0.4 is 10.6 Å². The van der Waals surface area contributed by atoms with Gasteiger partial charge in [0.15, 0.2) is 0 Å². The van der Waals surface area contributed by atoms with Gasteiger partial charge in [0.1, 0.15) is 5.82 Å². The molecular weight excluding hydrogens is 229 g/mol. The molecule has 0 bridgehead atoms. The van der Waals surface area contributed by atoms with E-state index in [4.69, 9.17) is 5.73 Å². The highest BCUT2D eigenvalue weighted by atomic mass is 19.1. The number of nitrogens with two attached hydrogens (primary N) is 1. The van der Waals surface area contributed by atoms with Gasteiger partial charge in [0, 0.05) is 31.4 Å². The second kappa shape index (κ2) is 4.76. The largest absolute Gasteiger partial charge is 0.399 e. The van der Waals surface area contributed by atoms with Crippen molar-refractivity contribution in [3.63, 3.8) is 0 Å². The molecule has 18 heavy (non-hydrogen) atoms. The number of fused-ring (bicyclic) bond motifs is 1. The lowest BCUT2D eigenvalue weighted by atomic mass is 10.2. The molecule has 1 unspecified atom stereocenters. The maximum Gasteiger partial charge on any atom is 0.148 e. The molecular formula is C14H20FN3. The van der Waals surface area contributed by atoms with Crippen LogP contribution in [0.4, 0.5) is 15.8 Å². The Hall–Kier alpha value is -1.29. The van der Waals surface area contributed by atoms with Crippen molar-refractivity contribution in [1.82, 2.24) is 4.90 Å². The van der Waals surface area contributed by atoms with E-state index in [1.54, 1.807) is 6.07 Å². The van der Waals surface area contributed by atoms with Gasteiger partial charge in [-0.05, 0) is 44.0 Å². The smallest absolute Gasteiger partial charge is 0.148 e. The zero-order valence-electron chi connectivity index (χ0n) is 10.6. The lowest BCUT2D eigenvalue weighted by molar-refractivity contribution is 0.273. The van der Waals surface area contributed by atoms with Crippen LogP contribution in [0.3, 0.4) is 0 Å². The lowest BCUT2D eigenvalue weighted by Crippen LogP contribution is -2.36. The molecule has 2 saturated heterocycles. The number of benzene rings is 1. The van der Waals surface area contributed by atoms with Crippen molar-refractivity contribution in [3.8, 4) is 0 Å². The first-order valence-electron chi connectivity index (χ1n) is 6.78. The SMILES string of the molecule is Nc1ccc(N2CCCN3CCCC3C2)c(F)c1. The van der Waals surface area contributed by atoms with Crippen molar-refractivity contribution in [2.45, 2.75) is 25.3 Å². The fourth-order valence-electron chi connectivity index (χ4n) is 3.21. The number of hydrogen-bond donors (Lipinski definition) is 1. The molecule has 0 saturated carbocycles. The molecule has 0 amide bonds. The normalized spacial score (nSPS) is 24.9. The van der Waals surface area contributed by atoms with Crippen LogP contribution in [-0.4, -0.2) is 37.1 Å². The Morgan fingerprint density at radius 2 is 2.00 bits per heavy atom. The van der Waals surface area contributed by atoms with Crippen LogP contribution in [-0.2, 0) is 0 Å². The first-order valence-corrected chi connectivity index (χ1v) is 6.78. The lowest BCUT2D eigenvalue weighted by Gasteiger charge is -2.27. The summed E-state index contributed by atoms with van der Waals surface area (Å²) in [5, 5.41) is 0. The van der Waals surface area contributed by atoms with Gasteiger partial charge in [-0.2, -0.15) is 0 Å². The fraction of sp³-hybridized carbons (Fsp3) is 0.571. The van der Waals surface area contributed by atoms with Crippen LogP contribution in [0.2, 0.25) is 0 Å². The van der Waals surface area contributed by atoms with Gasteiger partial charge >= 0.3 is 0 Å². The van der Waals surface area contributed by atoms with E-state index in [-0.39, 0.29) is 5.82 Å². The molecule has 0 spiro atoms. The standard InChI is InChI=1S/C14H20FN3/c15-13-9-11(16)4-5-14(13)18-8-2-7-17-6-1-3-12(17)10-18/h4-5,9,12H,1-3,6-8,10,16H2. The van der Waals surface area contributed by atoms with Gasteiger partial charge in [0.05, 0.1) is 5.69 Å². The number of hydrogen-bond acceptors (Lipinski definition) is 3. The van der Waals surface area contributed by atoms with Crippen LogP contribution in [0.15, 0.2) is 18.2 Å². The third kappa shape index (κ3) is 2.17. The minimum absolute atomic E-state index is 0.193. The van der Waals surface area contributed by atoms with Gasteiger partial charge in [0.2, 0.25) is 0 Å². The second-order valence-electron chi connectivity index (χ2n) is 5.34. The molecule has 2 aliphatic heterocycles. The third-order valence-electron chi connectivity index (χ3n) is 4.12. The molecule has 4 heteroatoms. The summed E-state index contributed by atoms with van der Waals surface area (Å²) in [6, 6.07) is 5.63. The van der Waals surface area contributed by atoms with Crippen LogP contribution in [0.1, 0.15) is 19.3 Å². The molecule has 1 atom stereocenters.